The molecule has 0 saturated carbocycles. The van der Waals surface area contributed by atoms with Gasteiger partial charge in [-0.05, 0) is 38.8 Å². The summed E-state index contributed by atoms with van der Waals surface area (Å²) in [6.45, 7) is 6.10. The molecule has 1 heterocycles. The van der Waals surface area contributed by atoms with Crippen LogP contribution >= 0.6 is 0 Å². The number of alkyl halides is 3. The van der Waals surface area contributed by atoms with Crippen molar-refractivity contribution < 1.29 is 13.2 Å². The molecule has 1 saturated heterocycles. The zero-order valence-electron chi connectivity index (χ0n) is 8.40. The predicted molar refractivity (Wildman–Crippen MR) is 50.0 cm³/mol. The van der Waals surface area contributed by atoms with Gasteiger partial charge in [-0.3, -0.25) is 4.90 Å². The molecule has 0 aromatic heterocycles. The van der Waals surface area contributed by atoms with Gasteiger partial charge in [-0.2, -0.15) is 13.2 Å². The molecule has 82 valence electrons. The summed E-state index contributed by atoms with van der Waals surface area (Å²) >= 11 is 0. The first-order valence-corrected chi connectivity index (χ1v) is 4.83. The minimum Gasteiger partial charge on any atom is -0.295 e. The van der Waals surface area contributed by atoms with Crippen LogP contribution in [0.3, 0.4) is 0 Å². The van der Waals surface area contributed by atoms with E-state index in [0.29, 0.717) is 19.0 Å². The van der Waals surface area contributed by atoms with E-state index < -0.39 is 12.7 Å². The third-order valence-electron chi connectivity index (χ3n) is 2.69. The highest BCUT2D eigenvalue weighted by molar-refractivity contribution is 4.98. The van der Waals surface area contributed by atoms with Gasteiger partial charge in [0.15, 0.2) is 0 Å². The van der Waals surface area contributed by atoms with Crippen molar-refractivity contribution in [3.05, 3.63) is 12.2 Å². The smallest absolute Gasteiger partial charge is 0.295 e. The standard InChI is InChI=1S/C10H16F3N/c1-8(2)9-3-5-14(6-4-9)7-10(11,12)13/h9H,1,3-7H2,2H3. The van der Waals surface area contributed by atoms with Gasteiger partial charge in [-0.15, -0.1) is 0 Å². The number of hydrogen-bond acceptors (Lipinski definition) is 1. The molecule has 1 fully saturated rings. The van der Waals surface area contributed by atoms with Crippen LogP contribution in [-0.2, 0) is 0 Å². The molecule has 0 aromatic carbocycles. The largest absolute Gasteiger partial charge is 0.401 e. The molecule has 0 unspecified atom stereocenters. The maximum absolute atomic E-state index is 12.0. The summed E-state index contributed by atoms with van der Waals surface area (Å²) in [7, 11) is 0. The Kier molecular flexibility index (Phi) is 3.59. The highest BCUT2D eigenvalue weighted by Crippen LogP contribution is 2.25. The van der Waals surface area contributed by atoms with Crippen molar-refractivity contribution in [2.24, 2.45) is 5.92 Å². The lowest BCUT2D eigenvalue weighted by atomic mass is 9.91. The van der Waals surface area contributed by atoms with Gasteiger partial charge in [0.05, 0.1) is 6.54 Å². The molecule has 0 bridgehead atoms. The van der Waals surface area contributed by atoms with E-state index >= 15 is 0 Å². The Balaban J connectivity index is 2.33. The first-order valence-electron chi connectivity index (χ1n) is 4.83. The zero-order chi connectivity index (χ0) is 10.8. The summed E-state index contributed by atoms with van der Waals surface area (Å²) < 4.78 is 36.1. The van der Waals surface area contributed by atoms with E-state index in [1.165, 1.54) is 4.90 Å². The highest BCUT2D eigenvalue weighted by Gasteiger charge is 2.32. The number of halogens is 3. The van der Waals surface area contributed by atoms with Crippen LogP contribution < -0.4 is 0 Å². The molecule has 0 N–H and O–H groups in total. The van der Waals surface area contributed by atoms with Crippen LogP contribution in [0.2, 0.25) is 0 Å². The van der Waals surface area contributed by atoms with E-state index in [4.69, 9.17) is 0 Å². The number of allylic oxidation sites excluding steroid dienone is 1. The second-order valence-corrected chi connectivity index (χ2v) is 4.01. The van der Waals surface area contributed by atoms with Crippen LogP contribution in [0.25, 0.3) is 0 Å². The van der Waals surface area contributed by atoms with Crippen molar-refractivity contribution in [2.45, 2.75) is 25.9 Å². The van der Waals surface area contributed by atoms with Gasteiger partial charge >= 0.3 is 6.18 Å². The molecule has 14 heavy (non-hydrogen) atoms. The molecular weight excluding hydrogens is 191 g/mol. The molecule has 0 atom stereocenters. The van der Waals surface area contributed by atoms with Crippen LogP contribution in [0.5, 0.6) is 0 Å². The second kappa shape index (κ2) is 4.34. The van der Waals surface area contributed by atoms with Crippen molar-refractivity contribution in [1.82, 2.24) is 4.90 Å². The lowest BCUT2D eigenvalue weighted by Crippen LogP contribution is -2.40. The fourth-order valence-corrected chi connectivity index (χ4v) is 1.84. The Bertz CT molecular complexity index is 202. The van der Waals surface area contributed by atoms with Crippen LogP contribution in [0.15, 0.2) is 12.2 Å². The van der Waals surface area contributed by atoms with E-state index in [9.17, 15) is 13.2 Å². The third-order valence-corrected chi connectivity index (χ3v) is 2.69. The van der Waals surface area contributed by atoms with Crippen LogP contribution in [0, 0.1) is 5.92 Å². The van der Waals surface area contributed by atoms with E-state index in [2.05, 4.69) is 6.58 Å². The van der Waals surface area contributed by atoms with Gasteiger partial charge in [0.25, 0.3) is 0 Å². The highest BCUT2D eigenvalue weighted by atomic mass is 19.4. The molecular formula is C10H16F3N. The summed E-state index contributed by atoms with van der Waals surface area (Å²) in [5.41, 5.74) is 1.09. The summed E-state index contributed by atoms with van der Waals surface area (Å²) in [4.78, 5) is 1.47. The summed E-state index contributed by atoms with van der Waals surface area (Å²) in [5, 5.41) is 0. The number of nitrogens with zero attached hydrogens (tertiary/aromatic N) is 1. The number of hydrogen-bond donors (Lipinski definition) is 0. The molecule has 0 radical (unpaired) electrons. The lowest BCUT2D eigenvalue weighted by molar-refractivity contribution is -0.148. The van der Waals surface area contributed by atoms with Crippen molar-refractivity contribution in [2.75, 3.05) is 19.6 Å². The van der Waals surface area contributed by atoms with Gasteiger partial charge in [0.1, 0.15) is 0 Å². The Labute approximate surface area is 82.6 Å². The molecule has 4 heteroatoms. The molecule has 0 amide bonds. The van der Waals surface area contributed by atoms with E-state index in [1.54, 1.807) is 0 Å². The summed E-state index contributed by atoms with van der Waals surface area (Å²) in [6, 6.07) is 0. The molecule has 0 spiro atoms. The number of likely N-dealkylation sites (tertiary alicyclic amines) is 1. The second-order valence-electron chi connectivity index (χ2n) is 4.01. The first-order chi connectivity index (χ1) is 6.38. The van der Waals surface area contributed by atoms with Crippen LogP contribution in [-0.4, -0.2) is 30.7 Å². The summed E-state index contributed by atoms with van der Waals surface area (Å²) in [6.07, 6.45) is -2.44. The zero-order valence-corrected chi connectivity index (χ0v) is 8.40. The Morgan fingerprint density at radius 1 is 1.36 bits per heavy atom. The van der Waals surface area contributed by atoms with Gasteiger partial charge in [0.2, 0.25) is 0 Å². The topological polar surface area (TPSA) is 3.24 Å². The molecule has 0 aliphatic carbocycles. The minimum absolute atomic E-state index is 0.416. The van der Waals surface area contributed by atoms with Crippen molar-refractivity contribution in [3.8, 4) is 0 Å². The molecule has 1 rings (SSSR count). The van der Waals surface area contributed by atoms with Crippen molar-refractivity contribution in [3.63, 3.8) is 0 Å². The maximum Gasteiger partial charge on any atom is 0.401 e. The van der Waals surface area contributed by atoms with Crippen molar-refractivity contribution >= 4 is 0 Å². The van der Waals surface area contributed by atoms with Gasteiger partial charge < -0.3 is 0 Å². The Morgan fingerprint density at radius 2 is 1.86 bits per heavy atom. The normalized spacial score (nSPS) is 21.1. The number of piperidine rings is 1. The maximum atomic E-state index is 12.0. The minimum atomic E-state index is -4.06. The van der Waals surface area contributed by atoms with Gasteiger partial charge in [-0.25, -0.2) is 0 Å². The average molecular weight is 207 g/mol. The van der Waals surface area contributed by atoms with E-state index in [0.717, 1.165) is 18.4 Å². The fraction of sp³-hybridized carbons (Fsp3) is 0.800. The van der Waals surface area contributed by atoms with Gasteiger partial charge in [0, 0.05) is 0 Å². The van der Waals surface area contributed by atoms with Crippen LogP contribution in [0.4, 0.5) is 13.2 Å². The Hall–Kier alpha value is -0.510. The SMILES string of the molecule is C=C(C)C1CCN(CC(F)(F)F)CC1. The average Bonchev–Trinajstić information content (AvgIpc) is 2.02. The first kappa shape index (κ1) is 11.6. The molecule has 0 aromatic rings. The molecule has 1 aliphatic rings. The Morgan fingerprint density at radius 3 is 2.21 bits per heavy atom. The van der Waals surface area contributed by atoms with E-state index in [-0.39, 0.29) is 0 Å². The van der Waals surface area contributed by atoms with E-state index in [1.807, 2.05) is 6.92 Å². The summed E-state index contributed by atoms with van der Waals surface area (Å²) in [5.74, 6) is 0.416. The number of rotatable bonds is 2. The molecule has 1 aliphatic heterocycles. The van der Waals surface area contributed by atoms with Crippen molar-refractivity contribution in [1.29, 1.82) is 0 Å². The van der Waals surface area contributed by atoms with Crippen LogP contribution in [0.1, 0.15) is 19.8 Å². The molecule has 1 nitrogen and oxygen atoms in total. The quantitative estimate of drug-likeness (QED) is 0.629. The third kappa shape index (κ3) is 3.70. The fourth-order valence-electron chi connectivity index (χ4n) is 1.84. The predicted octanol–water partition coefficient (Wildman–Crippen LogP) is 2.84. The van der Waals surface area contributed by atoms with Gasteiger partial charge in [-0.1, -0.05) is 12.2 Å². The monoisotopic (exact) mass is 207 g/mol. The lowest BCUT2D eigenvalue weighted by Gasteiger charge is -2.32.